The van der Waals surface area contributed by atoms with Gasteiger partial charge in [0.05, 0.1) is 5.39 Å². The average molecular weight is 528 g/mol. The Bertz CT molecular complexity index is 1820. The lowest BCUT2D eigenvalue weighted by atomic mass is 10.1. The zero-order valence-electron chi connectivity index (χ0n) is 21.3. The van der Waals surface area contributed by atoms with Crippen molar-refractivity contribution in [1.29, 1.82) is 0 Å². The predicted octanol–water partition coefficient (Wildman–Crippen LogP) is 5.62. The number of fused-ring (bicyclic) bond motifs is 1. The molecule has 0 fully saturated rings. The van der Waals surface area contributed by atoms with Crippen molar-refractivity contribution in [3.8, 4) is 17.2 Å². The number of aromatic nitrogens is 3. The number of nitrogens with zero attached hydrogens (tertiary/aromatic N) is 3. The summed E-state index contributed by atoms with van der Waals surface area (Å²) in [7, 11) is 0. The number of rotatable bonds is 6. The van der Waals surface area contributed by atoms with Crippen molar-refractivity contribution >= 4 is 28.2 Å². The van der Waals surface area contributed by atoms with Crippen molar-refractivity contribution in [3.63, 3.8) is 0 Å². The fourth-order valence-corrected chi connectivity index (χ4v) is 4.41. The summed E-state index contributed by atoms with van der Waals surface area (Å²) in [5.74, 6) is -1.42. The highest BCUT2D eigenvalue weighted by molar-refractivity contribution is 5.95. The lowest BCUT2D eigenvalue weighted by Gasteiger charge is -2.17. The summed E-state index contributed by atoms with van der Waals surface area (Å²) in [6.45, 7) is 5.31. The summed E-state index contributed by atoms with van der Waals surface area (Å²) in [5, 5.41) is 4.03. The number of primary amides is 1. The quantitative estimate of drug-likeness (QED) is 0.297. The van der Waals surface area contributed by atoms with Crippen LogP contribution in [0.15, 0.2) is 71.8 Å². The molecule has 2 aromatic carbocycles. The van der Waals surface area contributed by atoms with Crippen LogP contribution in [0.2, 0.25) is 0 Å². The number of anilines is 2. The molecule has 0 aliphatic rings. The van der Waals surface area contributed by atoms with Gasteiger partial charge in [0, 0.05) is 41.1 Å². The lowest BCUT2D eigenvalue weighted by Crippen LogP contribution is -2.23. The van der Waals surface area contributed by atoms with Crippen LogP contribution in [0.1, 0.15) is 27.3 Å². The molecule has 0 spiro atoms. The number of pyridine rings is 3. The van der Waals surface area contributed by atoms with E-state index in [1.807, 2.05) is 13.8 Å². The first-order chi connectivity index (χ1) is 18.7. The summed E-state index contributed by atoms with van der Waals surface area (Å²) in [6, 6.07) is 13.1. The van der Waals surface area contributed by atoms with E-state index in [0.717, 1.165) is 5.56 Å². The number of halogens is 2. The molecule has 0 bridgehead atoms. The molecule has 8 nitrogen and oxygen atoms in total. The molecular formula is C29H23F2N5O3. The van der Waals surface area contributed by atoms with Gasteiger partial charge in [0.2, 0.25) is 0 Å². The van der Waals surface area contributed by atoms with Crippen LogP contribution in [0.5, 0.6) is 11.5 Å². The van der Waals surface area contributed by atoms with E-state index in [4.69, 9.17) is 10.5 Å². The first-order valence-electron chi connectivity index (χ1n) is 11.9. The van der Waals surface area contributed by atoms with Gasteiger partial charge in [-0.2, -0.15) is 0 Å². The van der Waals surface area contributed by atoms with E-state index in [0.29, 0.717) is 33.4 Å². The van der Waals surface area contributed by atoms with Gasteiger partial charge in [-0.3, -0.25) is 19.1 Å². The maximum atomic E-state index is 15.1. The van der Waals surface area contributed by atoms with Gasteiger partial charge in [0.15, 0.2) is 11.6 Å². The molecule has 10 heteroatoms. The minimum absolute atomic E-state index is 0.0325. The van der Waals surface area contributed by atoms with Crippen molar-refractivity contribution in [1.82, 2.24) is 14.5 Å². The number of carbonyl (C=O) groups is 1. The Hall–Kier alpha value is -5.12. The number of carbonyl (C=O) groups excluding carboxylic acids is 1. The van der Waals surface area contributed by atoms with Crippen LogP contribution < -0.4 is 21.3 Å². The van der Waals surface area contributed by atoms with E-state index in [1.165, 1.54) is 53.2 Å². The number of ether oxygens (including phenoxy) is 1. The van der Waals surface area contributed by atoms with Crippen LogP contribution in [-0.2, 0) is 0 Å². The molecule has 5 rings (SSSR count). The minimum Gasteiger partial charge on any atom is -0.454 e. The summed E-state index contributed by atoms with van der Waals surface area (Å²) in [6.07, 6.45) is 2.92. The van der Waals surface area contributed by atoms with E-state index in [1.54, 1.807) is 25.3 Å². The second kappa shape index (κ2) is 9.97. The van der Waals surface area contributed by atoms with E-state index in [9.17, 15) is 14.0 Å². The SMILES string of the molecule is Cc1c(Oc2ccc(Nc3nccc4c(C)c(C)n(-c5ccc(F)cc5)c(=O)c34)cc2F)ccnc1C(N)=O. The molecule has 0 aliphatic heterocycles. The summed E-state index contributed by atoms with van der Waals surface area (Å²) < 4.78 is 35.8. The fourth-order valence-electron chi connectivity index (χ4n) is 4.41. The molecule has 196 valence electrons. The monoisotopic (exact) mass is 527 g/mol. The Morgan fingerprint density at radius 2 is 1.64 bits per heavy atom. The Kier molecular flexibility index (Phi) is 6.53. The number of hydrogen-bond acceptors (Lipinski definition) is 6. The van der Waals surface area contributed by atoms with Crippen molar-refractivity contribution in [2.75, 3.05) is 5.32 Å². The highest BCUT2D eigenvalue weighted by atomic mass is 19.1. The molecule has 0 saturated heterocycles. The molecule has 0 unspecified atom stereocenters. The highest BCUT2D eigenvalue weighted by Gasteiger charge is 2.18. The number of hydrogen-bond donors (Lipinski definition) is 2. The second-order valence-electron chi connectivity index (χ2n) is 8.93. The third-order valence-electron chi connectivity index (χ3n) is 6.54. The summed E-state index contributed by atoms with van der Waals surface area (Å²) in [5.41, 5.74) is 7.78. The Morgan fingerprint density at radius 3 is 2.33 bits per heavy atom. The highest BCUT2D eigenvalue weighted by Crippen LogP contribution is 2.32. The van der Waals surface area contributed by atoms with Gasteiger partial charge < -0.3 is 15.8 Å². The van der Waals surface area contributed by atoms with Crippen molar-refractivity contribution in [2.24, 2.45) is 5.73 Å². The molecule has 3 heterocycles. The standard InChI is InChI=1S/C29H23F2N5O3/c1-15-17(3)36(20-7-4-18(30)5-8-20)29(38)25-21(15)10-12-34-28(25)35-19-6-9-24(22(31)14-19)39-23-11-13-33-26(16(23)2)27(32)37/h4-14H,1-3H3,(H2,32,37)(H,34,35). The molecule has 0 saturated carbocycles. The van der Waals surface area contributed by atoms with Crippen LogP contribution in [0, 0.1) is 32.4 Å². The third-order valence-corrected chi connectivity index (χ3v) is 6.54. The number of benzene rings is 2. The molecule has 39 heavy (non-hydrogen) atoms. The Labute approximate surface area is 221 Å². The van der Waals surface area contributed by atoms with Crippen molar-refractivity contribution < 1.29 is 18.3 Å². The van der Waals surface area contributed by atoms with Gasteiger partial charge in [-0.25, -0.2) is 13.8 Å². The molecular weight excluding hydrogens is 504 g/mol. The van der Waals surface area contributed by atoms with Crippen LogP contribution in [-0.4, -0.2) is 20.4 Å². The van der Waals surface area contributed by atoms with Gasteiger partial charge in [-0.15, -0.1) is 0 Å². The number of aryl methyl sites for hydroxylation is 1. The maximum Gasteiger partial charge on any atom is 0.267 e. The van der Waals surface area contributed by atoms with Crippen LogP contribution in [0.3, 0.4) is 0 Å². The average Bonchev–Trinajstić information content (AvgIpc) is 2.91. The van der Waals surface area contributed by atoms with E-state index < -0.39 is 17.5 Å². The fraction of sp³-hybridized carbons (Fsp3) is 0.103. The minimum atomic E-state index is -0.718. The molecule has 5 aromatic rings. The normalized spacial score (nSPS) is 11.0. The van der Waals surface area contributed by atoms with Gasteiger partial charge in [0.1, 0.15) is 23.1 Å². The van der Waals surface area contributed by atoms with Gasteiger partial charge >= 0.3 is 0 Å². The number of nitrogens with one attached hydrogen (secondary N) is 1. The Morgan fingerprint density at radius 1 is 0.923 bits per heavy atom. The maximum absolute atomic E-state index is 15.1. The Balaban J connectivity index is 1.53. The molecule has 3 N–H and O–H groups in total. The van der Waals surface area contributed by atoms with E-state index in [2.05, 4.69) is 15.3 Å². The van der Waals surface area contributed by atoms with Crippen LogP contribution in [0.25, 0.3) is 16.5 Å². The zero-order chi connectivity index (χ0) is 27.8. The van der Waals surface area contributed by atoms with Gasteiger partial charge in [-0.1, -0.05) is 0 Å². The lowest BCUT2D eigenvalue weighted by molar-refractivity contribution is 0.0994. The van der Waals surface area contributed by atoms with Gasteiger partial charge in [-0.05, 0) is 80.3 Å². The van der Waals surface area contributed by atoms with Crippen molar-refractivity contribution in [3.05, 3.63) is 111 Å². The van der Waals surface area contributed by atoms with E-state index in [-0.39, 0.29) is 28.6 Å². The smallest absolute Gasteiger partial charge is 0.267 e. The molecule has 3 aromatic heterocycles. The molecule has 0 radical (unpaired) electrons. The second-order valence-corrected chi connectivity index (χ2v) is 8.93. The number of amides is 1. The first kappa shape index (κ1) is 25.5. The predicted molar refractivity (Wildman–Crippen MR) is 144 cm³/mol. The van der Waals surface area contributed by atoms with Gasteiger partial charge in [0.25, 0.3) is 11.5 Å². The number of nitrogens with two attached hydrogens (primary N) is 1. The van der Waals surface area contributed by atoms with Crippen LogP contribution in [0.4, 0.5) is 20.3 Å². The molecule has 0 aliphatic carbocycles. The molecule has 1 amide bonds. The third kappa shape index (κ3) is 4.68. The van der Waals surface area contributed by atoms with Crippen molar-refractivity contribution in [2.45, 2.75) is 20.8 Å². The topological polar surface area (TPSA) is 112 Å². The summed E-state index contributed by atoms with van der Waals surface area (Å²) >= 11 is 0. The van der Waals surface area contributed by atoms with Crippen LogP contribution >= 0.6 is 0 Å². The summed E-state index contributed by atoms with van der Waals surface area (Å²) in [4.78, 5) is 33.5. The zero-order valence-corrected chi connectivity index (χ0v) is 21.3. The first-order valence-corrected chi connectivity index (χ1v) is 11.9. The largest absolute Gasteiger partial charge is 0.454 e. The molecule has 0 atom stereocenters. The van der Waals surface area contributed by atoms with E-state index >= 15 is 4.39 Å².